The number of hydrogen-bond donors (Lipinski definition) is 1. The molecular formula is C26H23BrClN3O3. The van der Waals surface area contributed by atoms with Gasteiger partial charge in [0.25, 0.3) is 5.91 Å². The van der Waals surface area contributed by atoms with Crippen molar-refractivity contribution in [1.82, 2.24) is 9.78 Å². The highest BCUT2D eigenvalue weighted by molar-refractivity contribution is 9.10. The van der Waals surface area contributed by atoms with Crippen LogP contribution in [0.15, 0.2) is 83.5 Å². The number of ether oxygens (including phenoxy) is 2. The molecule has 4 aromatic rings. The van der Waals surface area contributed by atoms with Gasteiger partial charge in [0.15, 0.2) is 5.82 Å². The molecule has 0 aliphatic carbocycles. The van der Waals surface area contributed by atoms with Crippen molar-refractivity contribution >= 4 is 39.3 Å². The summed E-state index contributed by atoms with van der Waals surface area (Å²) in [5.41, 5.74) is 2.34. The Morgan fingerprint density at radius 1 is 1.03 bits per heavy atom. The van der Waals surface area contributed by atoms with E-state index in [4.69, 9.17) is 21.1 Å². The van der Waals surface area contributed by atoms with Crippen molar-refractivity contribution in [3.63, 3.8) is 0 Å². The standard InChI is InChI=1S/C26H23BrClN3O3/c1-2-33-21-10-12-22(13-11-21)34-17-18-6-5-8-19(14-18)26(32)29-25-23(27)16-31(30-25)15-20-7-3-4-9-24(20)28/h3-14,16H,2,15,17H2,1H3,(H,29,30,32). The van der Waals surface area contributed by atoms with E-state index >= 15 is 0 Å². The first-order valence-electron chi connectivity index (χ1n) is 10.7. The molecule has 0 saturated carbocycles. The second-order valence-electron chi connectivity index (χ2n) is 7.46. The van der Waals surface area contributed by atoms with Gasteiger partial charge in [-0.05, 0) is 76.4 Å². The van der Waals surface area contributed by atoms with Gasteiger partial charge in [0.1, 0.15) is 18.1 Å². The molecular weight excluding hydrogens is 518 g/mol. The maximum Gasteiger partial charge on any atom is 0.256 e. The van der Waals surface area contributed by atoms with E-state index in [9.17, 15) is 4.79 Å². The van der Waals surface area contributed by atoms with Crippen LogP contribution in [0.5, 0.6) is 11.5 Å². The summed E-state index contributed by atoms with van der Waals surface area (Å²) in [7, 11) is 0. The molecule has 34 heavy (non-hydrogen) atoms. The molecule has 0 saturated heterocycles. The predicted octanol–water partition coefficient (Wildman–Crippen LogP) is 6.58. The minimum absolute atomic E-state index is 0.258. The Kier molecular flexibility index (Phi) is 7.87. The molecule has 0 unspecified atom stereocenters. The third kappa shape index (κ3) is 6.18. The zero-order valence-electron chi connectivity index (χ0n) is 18.5. The van der Waals surface area contributed by atoms with E-state index in [1.165, 1.54) is 0 Å². The van der Waals surface area contributed by atoms with Gasteiger partial charge in [-0.25, -0.2) is 0 Å². The van der Waals surface area contributed by atoms with Gasteiger partial charge in [-0.15, -0.1) is 0 Å². The van der Waals surface area contributed by atoms with E-state index in [2.05, 4.69) is 26.3 Å². The molecule has 1 heterocycles. The van der Waals surface area contributed by atoms with Gasteiger partial charge >= 0.3 is 0 Å². The van der Waals surface area contributed by atoms with Crippen LogP contribution in [0.3, 0.4) is 0 Å². The van der Waals surface area contributed by atoms with Crippen molar-refractivity contribution in [2.45, 2.75) is 20.1 Å². The molecule has 1 aromatic heterocycles. The molecule has 3 aromatic carbocycles. The zero-order valence-corrected chi connectivity index (χ0v) is 20.8. The number of halogens is 2. The quantitative estimate of drug-likeness (QED) is 0.260. The van der Waals surface area contributed by atoms with E-state index in [1.807, 2.05) is 67.6 Å². The molecule has 0 aliphatic heterocycles. The first-order valence-corrected chi connectivity index (χ1v) is 11.9. The highest BCUT2D eigenvalue weighted by Gasteiger charge is 2.13. The second-order valence-corrected chi connectivity index (χ2v) is 8.72. The Balaban J connectivity index is 1.38. The van der Waals surface area contributed by atoms with Gasteiger partial charge in [-0.3, -0.25) is 9.48 Å². The average molecular weight is 541 g/mol. The Labute approximate surface area is 211 Å². The van der Waals surface area contributed by atoms with Gasteiger partial charge in [-0.2, -0.15) is 5.10 Å². The smallest absolute Gasteiger partial charge is 0.256 e. The number of carbonyl (C=O) groups excluding carboxylic acids is 1. The Morgan fingerprint density at radius 3 is 2.50 bits per heavy atom. The number of amides is 1. The number of anilines is 1. The summed E-state index contributed by atoms with van der Waals surface area (Å²) in [4.78, 5) is 12.9. The lowest BCUT2D eigenvalue weighted by atomic mass is 10.1. The SMILES string of the molecule is CCOc1ccc(OCc2cccc(C(=O)Nc3nn(Cc4ccccc4Cl)cc3Br)c2)cc1. The molecule has 0 aliphatic rings. The fraction of sp³-hybridized carbons (Fsp3) is 0.154. The molecule has 0 spiro atoms. The molecule has 0 radical (unpaired) electrons. The summed E-state index contributed by atoms with van der Waals surface area (Å²) in [5.74, 6) is 1.71. The van der Waals surface area contributed by atoms with E-state index in [1.54, 1.807) is 23.0 Å². The number of benzene rings is 3. The summed E-state index contributed by atoms with van der Waals surface area (Å²) in [6.07, 6.45) is 1.81. The number of nitrogens with zero attached hydrogens (tertiary/aromatic N) is 2. The van der Waals surface area contributed by atoms with Crippen molar-refractivity contribution in [2.75, 3.05) is 11.9 Å². The zero-order chi connectivity index (χ0) is 23.9. The summed E-state index contributed by atoms with van der Waals surface area (Å²) in [5, 5.41) is 8.01. The first-order chi connectivity index (χ1) is 16.5. The van der Waals surface area contributed by atoms with Gasteiger partial charge in [0.05, 0.1) is 17.6 Å². The predicted molar refractivity (Wildman–Crippen MR) is 137 cm³/mol. The lowest BCUT2D eigenvalue weighted by Crippen LogP contribution is -2.13. The average Bonchev–Trinajstić information content (AvgIpc) is 3.19. The van der Waals surface area contributed by atoms with E-state index in [0.29, 0.717) is 40.6 Å². The van der Waals surface area contributed by atoms with Crippen LogP contribution in [0, 0.1) is 0 Å². The number of rotatable bonds is 9. The van der Waals surface area contributed by atoms with Crippen LogP contribution in [-0.4, -0.2) is 22.3 Å². The maximum absolute atomic E-state index is 12.9. The van der Waals surface area contributed by atoms with Crippen molar-refractivity contribution in [3.8, 4) is 11.5 Å². The van der Waals surface area contributed by atoms with Crippen LogP contribution in [0.4, 0.5) is 5.82 Å². The molecule has 6 nitrogen and oxygen atoms in total. The third-order valence-electron chi connectivity index (χ3n) is 4.97. The Hall–Kier alpha value is -3.29. The molecule has 0 bridgehead atoms. The highest BCUT2D eigenvalue weighted by Crippen LogP contribution is 2.24. The van der Waals surface area contributed by atoms with Crippen LogP contribution >= 0.6 is 27.5 Å². The van der Waals surface area contributed by atoms with Crippen LogP contribution in [0.25, 0.3) is 0 Å². The van der Waals surface area contributed by atoms with E-state index in [0.717, 1.165) is 22.6 Å². The number of hydrogen-bond acceptors (Lipinski definition) is 4. The van der Waals surface area contributed by atoms with Crippen LogP contribution in [-0.2, 0) is 13.2 Å². The highest BCUT2D eigenvalue weighted by atomic mass is 79.9. The summed E-state index contributed by atoms with van der Waals surface area (Å²) >= 11 is 9.72. The van der Waals surface area contributed by atoms with Gasteiger partial charge in [0, 0.05) is 16.8 Å². The molecule has 1 amide bonds. The number of aromatic nitrogens is 2. The molecule has 174 valence electrons. The lowest BCUT2D eigenvalue weighted by molar-refractivity contribution is 0.102. The molecule has 1 N–H and O–H groups in total. The van der Waals surface area contributed by atoms with Crippen molar-refractivity contribution < 1.29 is 14.3 Å². The van der Waals surface area contributed by atoms with E-state index < -0.39 is 0 Å². The topological polar surface area (TPSA) is 65.4 Å². The molecule has 4 rings (SSSR count). The Bertz CT molecular complexity index is 1270. The van der Waals surface area contributed by atoms with Crippen LogP contribution < -0.4 is 14.8 Å². The molecule has 0 fully saturated rings. The van der Waals surface area contributed by atoms with E-state index in [-0.39, 0.29) is 5.91 Å². The lowest BCUT2D eigenvalue weighted by Gasteiger charge is -2.09. The summed E-state index contributed by atoms with van der Waals surface area (Å²) in [6, 6.07) is 22.3. The molecule has 0 atom stereocenters. The third-order valence-corrected chi connectivity index (χ3v) is 5.92. The van der Waals surface area contributed by atoms with Gasteiger partial charge in [0.2, 0.25) is 0 Å². The second kappa shape index (κ2) is 11.2. The van der Waals surface area contributed by atoms with Crippen molar-refractivity contribution in [1.29, 1.82) is 0 Å². The van der Waals surface area contributed by atoms with Gasteiger partial charge < -0.3 is 14.8 Å². The minimum Gasteiger partial charge on any atom is -0.494 e. The summed E-state index contributed by atoms with van der Waals surface area (Å²) < 4.78 is 13.7. The first kappa shape index (κ1) is 23.9. The van der Waals surface area contributed by atoms with Crippen molar-refractivity contribution in [3.05, 3.63) is 105 Å². The number of nitrogens with one attached hydrogen (secondary N) is 1. The van der Waals surface area contributed by atoms with Crippen molar-refractivity contribution in [2.24, 2.45) is 0 Å². The maximum atomic E-state index is 12.9. The minimum atomic E-state index is -0.258. The number of carbonyl (C=O) groups is 1. The monoisotopic (exact) mass is 539 g/mol. The fourth-order valence-corrected chi connectivity index (χ4v) is 3.92. The molecule has 8 heteroatoms. The Morgan fingerprint density at radius 2 is 1.76 bits per heavy atom. The normalized spacial score (nSPS) is 10.7. The van der Waals surface area contributed by atoms with Crippen LogP contribution in [0.1, 0.15) is 28.4 Å². The summed E-state index contributed by atoms with van der Waals surface area (Å²) in [6.45, 7) is 3.39. The van der Waals surface area contributed by atoms with Crippen LogP contribution in [0.2, 0.25) is 5.02 Å². The largest absolute Gasteiger partial charge is 0.494 e. The fourth-order valence-electron chi connectivity index (χ4n) is 3.31. The van der Waals surface area contributed by atoms with Gasteiger partial charge in [-0.1, -0.05) is 41.9 Å².